The molecule has 0 aliphatic heterocycles. The van der Waals surface area contributed by atoms with Gasteiger partial charge in [-0.2, -0.15) is 10.2 Å². The van der Waals surface area contributed by atoms with Gasteiger partial charge in [0.2, 0.25) is 0 Å². The first-order chi connectivity index (χ1) is 17.6. The summed E-state index contributed by atoms with van der Waals surface area (Å²) in [5, 5.41) is 9.34. The summed E-state index contributed by atoms with van der Waals surface area (Å²) in [6.07, 6.45) is 1.56. The van der Waals surface area contributed by atoms with Gasteiger partial charge in [0.05, 0.1) is 17.6 Å². The molecule has 0 fully saturated rings. The van der Waals surface area contributed by atoms with Gasteiger partial charge in [0.1, 0.15) is 0 Å². The number of nitrogens with one attached hydrogen (secondary N) is 1. The number of halogens is 1. The third-order valence-corrected chi connectivity index (χ3v) is 5.98. The number of hydrazone groups is 1. The van der Waals surface area contributed by atoms with Crippen LogP contribution >= 0.6 is 11.6 Å². The van der Waals surface area contributed by atoms with Crippen molar-refractivity contribution in [2.45, 2.75) is 6.92 Å². The summed E-state index contributed by atoms with van der Waals surface area (Å²) in [6.45, 7) is 2.03. The van der Waals surface area contributed by atoms with Gasteiger partial charge in [-0.15, -0.1) is 0 Å². The lowest BCUT2D eigenvalue weighted by atomic mass is 10.0. The SMILES string of the molecule is Cc1cccc(-n2nc(C(=O)N/N=C\c3ccc(Cl)cc3)cc2-c2ccc(-c3ccccc3)cc2)c1. The largest absolute Gasteiger partial charge is 0.291 e. The first-order valence-corrected chi connectivity index (χ1v) is 11.9. The summed E-state index contributed by atoms with van der Waals surface area (Å²) in [4.78, 5) is 12.9. The molecule has 4 aromatic carbocycles. The predicted molar refractivity (Wildman–Crippen MR) is 146 cm³/mol. The van der Waals surface area contributed by atoms with Gasteiger partial charge in [0, 0.05) is 10.6 Å². The van der Waals surface area contributed by atoms with Crippen molar-refractivity contribution in [3.8, 4) is 28.1 Å². The molecule has 0 radical (unpaired) electrons. The highest BCUT2D eigenvalue weighted by molar-refractivity contribution is 6.30. The van der Waals surface area contributed by atoms with Gasteiger partial charge in [-0.05, 0) is 59.5 Å². The predicted octanol–water partition coefficient (Wildman–Crippen LogP) is 6.93. The van der Waals surface area contributed by atoms with Crippen molar-refractivity contribution in [1.29, 1.82) is 0 Å². The normalized spacial score (nSPS) is 11.1. The van der Waals surface area contributed by atoms with Gasteiger partial charge in [0.25, 0.3) is 5.91 Å². The molecule has 36 heavy (non-hydrogen) atoms. The van der Waals surface area contributed by atoms with Crippen molar-refractivity contribution in [2.75, 3.05) is 0 Å². The maximum Gasteiger partial charge on any atom is 0.291 e. The minimum absolute atomic E-state index is 0.270. The molecule has 5 rings (SSSR count). The molecule has 0 aliphatic rings. The number of carbonyl (C=O) groups is 1. The molecule has 0 unspecified atom stereocenters. The van der Waals surface area contributed by atoms with E-state index in [0.29, 0.717) is 5.02 Å². The number of hydrogen-bond acceptors (Lipinski definition) is 3. The molecule has 1 N–H and O–H groups in total. The molecular formula is C30H23ClN4O. The topological polar surface area (TPSA) is 59.3 Å². The zero-order valence-corrected chi connectivity index (χ0v) is 20.4. The molecule has 0 atom stereocenters. The average Bonchev–Trinajstić information content (AvgIpc) is 3.36. The summed E-state index contributed by atoms with van der Waals surface area (Å²) < 4.78 is 1.79. The lowest BCUT2D eigenvalue weighted by Crippen LogP contribution is -2.18. The van der Waals surface area contributed by atoms with Gasteiger partial charge < -0.3 is 0 Å². The number of benzene rings is 4. The minimum Gasteiger partial charge on any atom is -0.265 e. The fraction of sp³-hybridized carbons (Fsp3) is 0.0333. The molecule has 0 saturated carbocycles. The van der Waals surface area contributed by atoms with Gasteiger partial charge >= 0.3 is 0 Å². The van der Waals surface area contributed by atoms with Crippen LogP contribution in [0.25, 0.3) is 28.1 Å². The van der Waals surface area contributed by atoms with Gasteiger partial charge in [-0.3, -0.25) is 4.79 Å². The Balaban J connectivity index is 1.46. The van der Waals surface area contributed by atoms with Crippen LogP contribution in [0.15, 0.2) is 114 Å². The number of aromatic nitrogens is 2. The van der Waals surface area contributed by atoms with Crippen LogP contribution in [-0.2, 0) is 0 Å². The highest BCUT2D eigenvalue weighted by atomic mass is 35.5. The van der Waals surface area contributed by atoms with E-state index in [9.17, 15) is 4.79 Å². The summed E-state index contributed by atoms with van der Waals surface area (Å²) in [5.41, 5.74) is 9.67. The summed E-state index contributed by atoms with van der Waals surface area (Å²) >= 11 is 5.92. The highest BCUT2D eigenvalue weighted by Crippen LogP contribution is 2.28. The lowest BCUT2D eigenvalue weighted by Gasteiger charge is -2.09. The van der Waals surface area contributed by atoms with Crippen LogP contribution in [0.1, 0.15) is 21.6 Å². The van der Waals surface area contributed by atoms with E-state index >= 15 is 0 Å². The molecule has 1 heterocycles. The standard InChI is InChI=1S/C30H23ClN4O/c1-21-6-5-9-27(18-21)35-29(25-14-12-24(13-15-25)23-7-3-2-4-8-23)19-28(34-35)30(36)33-32-20-22-10-16-26(31)17-11-22/h2-20H,1H3,(H,33,36)/b32-20-. The third kappa shape index (κ3) is 5.27. The Kier molecular flexibility index (Phi) is 6.74. The van der Waals surface area contributed by atoms with E-state index in [2.05, 4.69) is 39.9 Å². The van der Waals surface area contributed by atoms with E-state index < -0.39 is 5.91 Å². The third-order valence-electron chi connectivity index (χ3n) is 5.73. The molecule has 1 aromatic heterocycles. The number of rotatable bonds is 6. The highest BCUT2D eigenvalue weighted by Gasteiger charge is 2.17. The minimum atomic E-state index is -0.395. The Morgan fingerprint density at radius 3 is 2.25 bits per heavy atom. The summed E-state index contributed by atoms with van der Waals surface area (Å²) in [5.74, 6) is -0.395. The van der Waals surface area contributed by atoms with Crippen molar-refractivity contribution < 1.29 is 4.79 Å². The van der Waals surface area contributed by atoms with E-state index in [1.54, 1.807) is 29.1 Å². The van der Waals surface area contributed by atoms with Crippen LogP contribution in [0.4, 0.5) is 0 Å². The first-order valence-electron chi connectivity index (χ1n) is 11.5. The zero-order chi connectivity index (χ0) is 24.9. The van der Waals surface area contributed by atoms with Crippen LogP contribution in [-0.4, -0.2) is 21.9 Å². The van der Waals surface area contributed by atoms with Gasteiger partial charge in [-0.25, -0.2) is 10.1 Å². The molecule has 0 bridgehead atoms. The van der Waals surface area contributed by atoms with Crippen molar-refractivity contribution in [3.05, 3.63) is 131 Å². The van der Waals surface area contributed by atoms with E-state index in [0.717, 1.165) is 39.2 Å². The summed E-state index contributed by atoms with van der Waals surface area (Å²) in [7, 11) is 0. The fourth-order valence-electron chi connectivity index (χ4n) is 3.89. The quantitative estimate of drug-likeness (QED) is 0.207. The second-order valence-electron chi connectivity index (χ2n) is 8.36. The van der Waals surface area contributed by atoms with Crippen LogP contribution < -0.4 is 5.43 Å². The Labute approximate surface area is 214 Å². The van der Waals surface area contributed by atoms with Crippen LogP contribution in [0.3, 0.4) is 0 Å². The van der Waals surface area contributed by atoms with E-state index in [1.807, 2.05) is 73.7 Å². The Bertz CT molecular complexity index is 1520. The second kappa shape index (κ2) is 10.4. The van der Waals surface area contributed by atoms with Crippen LogP contribution in [0, 0.1) is 6.92 Å². The Hall–Kier alpha value is -4.48. The molecule has 176 valence electrons. The summed E-state index contributed by atoms with van der Waals surface area (Å²) in [6, 6.07) is 35.4. The smallest absolute Gasteiger partial charge is 0.265 e. The number of hydrogen-bond donors (Lipinski definition) is 1. The number of aryl methyl sites for hydroxylation is 1. The maximum atomic E-state index is 12.9. The Morgan fingerprint density at radius 2 is 1.53 bits per heavy atom. The molecule has 0 aliphatic carbocycles. The fourth-order valence-corrected chi connectivity index (χ4v) is 4.02. The van der Waals surface area contributed by atoms with Crippen molar-refractivity contribution in [1.82, 2.24) is 15.2 Å². The molecule has 6 heteroatoms. The molecule has 5 nitrogen and oxygen atoms in total. The number of nitrogens with zero attached hydrogens (tertiary/aromatic N) is 3. The van der Waals surface area contributed by atoms with E-state index in [4.69, 9.17) is 11.6 Å². The second-order valence-corrected chi connectivity index (χ2v) is 8.80. The van der Waals surface area contributed by atoms with Crippen LogP contribution in [0.2, 0.25) is 5.02 Å². The van der Waals surface area contributed by atoms with E-state index in [-0.39, 0.29) is 5.69 Å². The molecule has 0 saturated heterocycles. The molecule has 0 spiro atoms. The van der Waals surface area contributed by atoms with Crippen molar-refractivity contribution >= 4 is 23.7 Å². The van der Waals surface area contributed by atoms with Gasteiger partial charge in [-0.1, -0.05) is 90.5 Å². The van der Waals surface area contributed by atoms with Crippen LogP contribution in [0.5, 0.6) is 0 Å². The zero-order valence-electron chi connectivity index (χ0n) is 19.6. The van der Waals surface area contributed by atoms with Crippen molar-refractivity contribution in [3.63, 3.8) is 0 Å². The molecule has 1 amide bonds. The Morgan fingerprint density at radius 1 is 0.833 bits per heavy atom. The maximum absolute atomic E-state index is 12.9. The van der Waals surface area contributed by atoms with Gasteiger partial charge in [0.15, 0.2) is 5.69 Å². The number of carbonyl (C=O) groups excluding carboxylic acids is 1. The first kappa shape index (κ1) is 23.3. The average molecular weight is 491 g/mol. The van der Waals surface area contributed by atoms with E-state index in [1.165, 1.54) is 0 Å². The monoisotopic (exact) mass is 490 g/mol. The molecule has 5 aromatic rings. The van der Waals surface area contributed by atoms with Crippen molar-refractivity contribution in [2.24, 2.45) is 5.10 Å². The lowest BCUT2D eigenvalue weighted by molar-refractivity contribution is 0.0949. The number of amides is 1. The molecular weight excluding hydrogens is 468 g/mol.